The van der Waals surface area contributed by atoms with Crippen molar-refractivity contribution in [1.29, 1.82) is 0 Å². The predicted octanol–water partition coefficient (Wildman–Crippen LogP) is 4.69. The van der Waals surface area contributed by atoms with Crippen molar-refractivity contribution in [3.8, 4) is 11.5 Å². The molecular weight excluding hydrogens is 412 g/mol. The molecule has 0 saturated heterocycles. The maximum absolute atomic E-state index is 12.3. The highest BCUT2D eigenvalue weighted by Crippen LogP contribution is 2.26. The van der Waals surface area contributed by atoms with E-state index in [9.17, 15) is 4.79 Å². The Bertz CT molecular complexity index is 1220. The van der Waals surface area contributed by atoms with Gasteiger partial charge in [0, 0.05) is 42.0 Å². The summed E-state index contributed by atoms with van der Waals surface area (Å²) < 4.78 is 5.88. The number of nitrogens with one attached hydrogen (secondary N) is 1. The monoisotopic (exact) mass is 432 g/mol. The van der Waals surface area contributed by atoms with Crippen LogP contribution >= 0.6 is 11.6 Å². The summed E-state index contributed by atoms with van der Waals surface area (Å²) in [5, 5.41) is 0.719. The number of aromatic nitrogens is 4. The SMILES string of the molecule is Cc1cc(Oc2ccc(CCc3nc(=O)c(Cc4cncnc4)c[nH]3)cc2)ccc1Cl. The lowest BCUT2D eigenvalue weighted by Crippen LogP contribution is -2.17. The van der Waals surface area contributed by atoms with Gasteiger partial charge in [-0.3, -0.25) is 4.79 Å². The first-order valence-electron chi connectivity index (χ1n) is 9.91. The van der Waals surface area contributed by atoms with Crippen LogP contribution in [0.3, 0.4) is 0 Å². The fourth-order valence-corrected chi connectivity index (χ4v) is 3.28. The van der Waals surface area contributed by atoms with Crippen LogP contribution in [0.4, 0.5) is 0 Å². The van der Waals surface area contributed by atoms with Crippen molar-refractivity contribution in [3.05, 3.63) is 111 Å². The van der Waals surface area contributed by atoms with E-state index in [4.69, 9.17) is 16.3 Å². The van der Waals surface area contributed by atoms with Crippen LogP contribution in [-0.4, -0.2) is 19.9 Å². The van der Waals surface area contributed by atoms with E-state index in [0.717, 1.165) is 39.6 Å². The molecule has 0 fully saturated rings. The summed E-state index contributed by atoms with van der Waals surface area (Å²) in [7, 11) is 0. The fraction of sp³-hybridized carbons (Fsp3) is 0.167. The van der Waals surface area contributed by atoms with Gasteiger partial charge in [-0.15, -0.1) is 0 Å². The van der Waals surface area contributed by atoms with Crippen LogP contribution in [0.1, 0.15) is 28.1 Å². The second-order valence-corrected chi connectivity index (χ2v) is 7.67. The normalized spacial score (nSPS) is 10.8. The van der Waals surface area contributed by atoms with Gasteiger partial charge in [-0.1, -0.05) is 23.7 Å². The molecule has 0 spiro atoms. The predicted molar refractivity (Wildman–Crippen MR) is 120 cm³/mol. The minimum absolute atomic E-state index is 0.223. The molecule has 0 amide bonds. The van der Waals surface area contributed by atoms with E-state index in [0.29, 0.717) is 24.2 Å². The molecule has 7 heteroatoms. The maximum atomic E-state index is 12.3. The zero-order valence-electron chi connectivity index (χ0n) is 17.0. The molecule has 6 nitrogen and oxygen atoms in total. The van der Waals surface area contributed by atoms with E-state index in [1.807, 2.05) is 49.4 Å². The van der Waals surface area contributed by atoms with Gasteiger partial charge in [0.1, 0.15) is 23.7 Å². The summed E-state index contributed by atoms with van der Waals surface area (Å²) in [6.07, 6.45) is 8.44. The number of rotatable bonds is 7. The van der Waals surface area contributed by atoms with Crippen LogP contribution < -0.4 is 10.3 Å². The minimum Gasteiger partial charge on any atom is -0.457 e. The number of aromatic amines is 1. The smallest absolute Gasteiger partial charge is 0.276 e. The van der Waals surface area contributed by atoms with Crippen LogP contribution in [0.5, 0.6) is 11.5 Å². The van der Waals surface area contributed by atoms with Crippen molar-refractivity contribution in [1.82, 2.24) is 19.9 Å². The van der Waals surface area contributed by atoms with Crippen LogP contribution in [0.15, 0.2) is 72.2 Å². The maximum Gasteiger partial charge on any atom is 0.276 e. The standard InChI is InChI=1S/C24H21ClN4O2/c1-16-10-21(7-8-22(16)25)31-20-5-2-17(3-6-20)4-9-23-28-14-19(24(30)29-23)11-18-12-26-15-27-13-18/h2-3,5-8,10,12-15H,4,9,11H2,1H3,(H,28,29,30). The van der Waals surface area contributed by atoms with Crippen LogP contribution in [0.25, 0.3) is 0 Å². The Morgan fingerprint density at radius 1 is 0.968 bits per heavy atom. The Morgan fingerprint density at radius 3 is 2.42 bits per heavy atom. The minimum atomic E-state index is -0.223. The molecule has 4 rings (SSSR count). The van der Waals surface area contributed by atoms with E-state index in [2.05, 4.69) is 19.9 Å². The molecule has 0 aliphatic rings. The Morgan fingerprint density at radius 2 is 1.71 bits per heavy atom. The Balaban J connectivity index is 1.35. The summed E-state index contributed by atoms with van der Waals surface area (Å²) >= 11 is 6.06. The molecular formula is C24H21ClN4O2. The van der Waals surface area contributed by atoms with E-state index >= 15 is 0 Å². The van der Waals surface area contributed by atoms with Gasteiger partial charge in [0.05, 0.1) is 0 Å². The third kappa shape index (κ3) is 5.55. The molecule has 2 heterocycles. The second-order valence-electron chi connectivity index (χ2n) is 7.26. The quantitative estimate of drug-likeness (QED) is 0.458. The number of halogens is 1. The number of ether oxygens (including phenoxy) is 1. The van der Waals surface area contributed by atoms with Gasteiger partial charge in [0.15, 0.2) is 0 Å². The summed E-state index contributed by atoms with van der Waals surface area (Å²) in [6.45, 7) is 1.94. The fourth-order valence-electron chi connectivity index (χ4n) is 3.16. The molecule has 1 N–H and O–H groups in total. The third-order valence-electron chi connectivity index (χ3n) is 4.87. The lowest BCUT2D eigenvalue weighted by molar-refractivity contribution is 0.482. The Hall–Kier alpha value is -3.51. The van der Waals surface area contributed by atoms with Crippen molar-refractivity contribution in [2.45, 2.75) is 26.2 Å². The molecule has 2 aromatic heterocycles. The first-order valence-corrected chi connectivity index (χ1v) is 10.3. The number of aryl methyl sites for hydroxylation is 3. The zero-order chi connectivity index (χ0) is 21.6. The van der Waals surface area contributed by atoms with Crippen molar-refractivity contribution in [2.24, 2.45) is 0 Å². The molecule has 0 radical (unpaired) electrons. The zero-order valence-corrected chi connectivity index (χ0v) is 17.8. The first-order chi connectivity index (χ1) is 15.1. The first kappa shape index (κ1) is 20.8. The Labute approximate surface area is 185 Å². The number of nitrogens with zero attached hydrogens (tertiary/aromatic N) is 3. The number of benzene rings is 2. The summed E-state index contributed by atoms with van der Waals surface area (Å²) in [4.78, 5) is 27.6. The second kappa shape index (κ2) is 9.53. The molecule has 4 aromatic rings. The lowest BCUT2D eigenvalue weighted by atomic mass is 10.1. The van der Waals surface area contributed by atoms with Gasteiger partial charge in [0.2, 0.25) is 0 Å². The van der Waals surface area contributed by atoms with Crippen LogP contribution in [0, 0.1) is 6.92 Å². The van der Waals surface area contributed by atoms with Gasteiger partial charge in [-0.05, 0) is 60.4 Å². The van der Waals surface area contributed by atoms with E-state index < -0.39 is 0 Å². The van der Waals surface area contributed by atoms with Gasteiger partial charge in [0.25, 0.3) is 5.56 Å². The van der Waals surface area contributed by atoms with Gasteiger partial charge in [-0.2, -0.15) is 4.98 Å². The molecule has 0 aliphatic carbocycles. The molecule has 2 aromatic carbocycles. The van der Waals surface area contributed by atoms with Crippen molar-refractivity contribution in [2.75, 3.05) is 0 Å². The Kier molecular flexibility index (Phi) is 6.38. The van der Waals surface area contributed by atoms with Gasteiger partial charge < -0.3 is 9.72 Å². The molecule has 0 unspecified atom stereocenters. The van der Waals surface area contributed by atoms with Gasteiger partial charge in [-0.25, -0.2) is 9.97 Å². The average molecular weight is 433 g/mol. The molecule has 0 aliphatic heterocycles. The topological polar surface area (TPSA) is 80.8 Å². The average Bonchev–Trinajstić information content (AvgIpc) is 2.78. The highest BCUT2D eigenvalue weighted by molar-refractivity contribution is 6.31. The van der Waals surface area contributed by atoms with E-state index in [1.165, 1.54) is 6.33 Å². The van der Waals surface area contributed by atoms with Crippen molar-refractivity contribution >= 4 is 11.6 Å². The highest BCUT2D eigenvalue weighted by atomic mass is 35.5. The van der Waals surface area contributed by atoms with Crippen molar-refractivity contribution < 1.29 is 4.74 Å². The largest absolute Gasteiger partial charge is 0.457 e. The molecule has 156 valence electrons. The van der Waals surface area contributed by atoms with Crippen LogP contribution in [0.2, 0.25) is 5.02 Å². The number of hydrogen-bond donors (Lipinski definition) is 1. The van der Waals surface area contributed by atoms with Crippen molar-refractivity contribution in [3.63, 3.8) is 0 Å². The molecule has 0 bridgehead atoms. The summed E-state index contributed by atoms with van der Waals surface area (Å²) in [5.74, 6) is 2.17. The molecule has 0 saturated carbocycles. The lowest BCUT2D eigenvalue weighted by Gasteiger charge is -2.08. The van der Waals surface area contributed by atoms with Gasteiger partial charge >= 0.3 is 0 Å². The highest BCUT2D eigenvalue weighted by Gasteiger charge is 2.06. The molecule has 31 heavy (non-hydrogen) atoms. The van der Waals surface area contributed by atoms with Crippen LogP contribution in [-0.2, 0) is 19.3 Å². The number of H-pyrrole nitrogens is 1. The van der Waals surface area contributed by atoms with E-state index in [-0.39, 0.29) is 5.56 Å². The molecule has 0 atom stereocenters. The summed E-state index contributed by atoms with van der Waals surface area (Å²) in [6, 6.07) is 13.5. The third-order valence-corrected chi connectivity index (χ3v) is 5.30. The number of hydrogen-bond acceptors (Lipinski definition) is 5. The summed E-state index contributed by atoms with van der Waals surface area (Å²) in [5.41, 5.74) is 3.35. The van der Waals surface area contributed by atoms with E-state index in [1.54, 1.807) is 18.6 Å².